The smallest absolute Gasteiger partial charge is 0.0728 e. The van der Waals surface area contributed by atoms with Crippen LogP contribution >= 0.6 is 22.7 Å². The molecule has 2 heterocycles. The third-order valence-electron chi connectivity index (χ3n) is 8.22. The van der Waals surface area contributed by atoms with Gasteiger partial charge in [0.2, 0.25) is 0 Å². The summed E-state index contributed by atoms with van der Waals surface area (Å²) in [7, 11) is 0. The van der Waals surface area contributed by atoms with Crippen LogP contribution in [0.3, 0.4) is 0 Å². The fourth-order valence-corrected chi connectivity index (χ4v) is 8.33. The number of rotatable bonds is 3. The summed E-state index contributed by atoms with van der Waals surface area (Å²) in [6, 6.07) is 21.7. The maximum atomic E-state index is 11.8. The van der Waals surface area contributed by atoms with Gasteiger partial charge < -0.3 is 10.2 Å². The molecule has 0 saturated heterocycles. The zero-order valence-corrected chi connectivity index (χ0v) is 22.2. The van der Waals surface area contributed by atoms with Crippen LogP contribution in [0.15, 0.2) is 71.4 Å². The van der Waals surface area contributed by atoms with E-state index in [1.54, 1.807) is 22.7 Å². The minimum absolute atomic E-state index is 0.313. The molecule has 2 aromatic rings. The molecule has 2 unspecified atom stereocenters. The molecule has 1 fully saturated rings. The van der Waals surface area contributed by atoms with Crippen LogP contribution in [0.1, 0.15) is 53.9 Å². The average molecular weight is 509 g/mol. The molecule has 0 bridgehead atoms. The Bertz CT molecular complexity index is 1680. The van der Waals surface area contributed by atoms with E-state index in [0.717, 1.165) is 16.7 Å². The van der Waals surface area contributed by atoms with Gasteiger partial charge in [0.05, 0.1) is 12.2 Å². The monoisotopic (exact) mass is 508 g/mol. The first-order valence-electron chi connectivity index (χ1n) is 12.6. The molecule has 0 aliphatic heterocycles. The number of aliphatic hydroxyl groups excluding tert-OH is 2. The highest BCUT2D eigenvalue weighted by atomic mass is 32.1. The first-order valence-corrected chi connectivity index (χ1v) is 14.4. The van der Waals surface area contributed by atoms with Crippen LogP contribution in [0.2, 0.25) is 0 Å². The van der Waals surface area contributed by atoms with Gasteiger partial charge in [0, 0.05) is 21.2 Å². The molecule has 36 heavy (non-hydrogen) atoms. The van der Waals surface area contributed by atoms with E-state index in [9.17, 15) is 10.2 Å². The van der Waals surface area contributed by atoms with Crippen molar-refractivity contribution in [2.75, 3.05) is 0 Å². The Hall–Kier alpha value is -2.76. The molecular weight excluding hydrogens is 480 g/mol. The number of aryl methyl sites for hydroxylation is 1. The molecule has 5 aliphatic rings. The van der Waals surface area contributed by atoms with Crippen LogP contribution in [0, 0.1) is 6.92 Å². The molecule has 2 atom stereocenters. The lowest BCUT2D eigenvalue weighted by Crippen LogP contribution is -2.51. The second-order valence-corrected chi connectivity index (χ2v) is 12.4. The van der Waals surface area contributed by atoms with Crippen LogP contribution in [-0.4, -0.2) is 22.4 Å². The van der Waals surface area contributed by atoms with Crippen molar-refractivity contribution in [1.82, 2.24) is 0 Å². The molecule has 4 heteroatoms. The molecule has 1 saturated carbocycles. The van der Waals surface area contributed by atoms with Gasteiger partial charge in [-0.05, 0) is 85.5 Å². The molecule has 2 nitrogen and oxygen atoms in total. The van der Waals surface area contributed by atoms with Gasteiger partial charge in [-0.2, -0.15) is 0 Å². The predicted octanol–water partition coefficient (Wildman–Crippen LogP) is 8.36. The molecule has 5 aliphatic carbocycles. The van der Waals surface area contributed by atoms with Crippen LogP contribution < -0.4 is 0 Å². The Kier molecular flexibility index (Phi) is 5.06. The van der Waals surface area contributed by atoms with Crippen molar-refractivity contribution in [1.29, 1.82) is 0 Å². The van der Waals surface area contributed by atoms with Crippen molar-refractivity contribution in [2.45, 2.75) is 50.7 Å². The summed E-state index contributed by atoms with van der Waals surface area (Å²) < 4.78 is 2.49. The number of thiophene rings is 2. The molecule has 0 aromatic carbocycles. The predicted molar refractivity (Wildman–Crippen MR) is 153 cm³/mol. The second kappa shape index (κ2) is 8.12. The summed E-state index contributed by atoms with van der Waals surface area (Å²) in [6.07, 6.45) is -1.30. The van der Waals surface area contributed by atoms with Crippen LogP contribution in [0.5, 0.6) is 0 Å². The third-order valence-corrected chi connectivity index (χ3v) is 10.1. The molecule has 180 valence electrons. The van der Waals surface area contributed by atoms with Gasteiger partial charge in [0.15, 0.2) is 0 Å². The van der Waals surface area contributed by atoms with Gasteiger partial charge >= 0.3 is 0 Å². The Morgan fingerprint density at radius 2 is 1.19 bits per heavy atom. The van der Waals surface area contributed by atoms with E-state index < -0.39 is 12.2 Å². The lowest BCUT2D eigenvalue weighted by atomic mass is 9.62. The minimum atomic E-state index is -0.652. The summed E-state index contributed by atoms with van der Waals surface area (Å²) >= 11 is 3.48. The first-order chi connectivity index (χ1) is 17.5. The summed E-state index contributed by atoms with van der Waals surface area (Å²) in [5, 5.41) is 30.2. The third kappa shape index (κ3) is 3.02. The highest BCUT2D eigenvalue weighted by Gasteiger charge is 2.53. The van der Waals surface area contributed by atoms with Crippen molar-refractivity contribution in [3.05, 3.63) is 93.7 Å². The maximum Gasteiger partial charge on any atom is 0.0728 e. The zero-order chi connectivity index (χ0) is 24.7. The van der Waals surface area contributed by atoms with Crippen molar-refractivity contribution >= 4 is 42.8 Å². The largest absolute Gasteiger partial charge is 0.392 e. The summed E-state index contributed by atoms with van der Waals surface area (Å²) in [5.74, 6) is -0.229. The standard InChI is InChI=1S/C32H28O2S2/c1-16(2)18-7-5-9-20-24(15-18)26(22-11-13-36-32(20)22)28-29(33)27(30(28)34)25-21-10-12-35-31(21)19-8-4-6-17(3)14-23(19)25/h4-16,27-30,33-34H,1-3H3. The SMILES string of the molecule is Cc1cccc2c3sccc3c(C3C(O)C(c4c5cc(C(C)C)cccc-5c5sccc45)C3O)c-2c1. The summed E-state index contributed by atoms with van der Waals surface area (Å²) in [4.78, 5) is 0. The number of hydrogen-bond donors (Lipinski definition) is 2. The van der Waals surface area contributed by atoms with E-state index in [2.05, 4.69) is 92.2 Å². The fourth-order valence-electron chi connectivity index (χ4n) is 6.43. The van der Waals surface area contributed by atoms with Gasteiger partial charge in [0.1, 0.15) is 0 Å². The van der Waals surface area contributed by atoms with Crippen molar-refractivity contribution in [3.8, 4) is 22.3 Å². The van der Waals surface area contributed by atoms with E-state index in [-0.39, 0.29) is 11.8 Å². The first kappa shape index (κ1) is 22.4. The molecule has 7 rings (SSSR count). The molecule has 0 radical (unpaired) electrons. The molecule has 2 aromatic heterocycles. The van der Waals surface area contributed by atoms with Crippen molar-refractivity contribution < 1.29 is 10.2 Å². The van der Waals surface area contributed by atoms with Crippen LogP contribution in [0.4, 0.5) is 0 Å². The normalized spacial score (nSPS) is 22.3. The highest BCUT2D eigenvalue weighted by Crippen LogP contribution is 2.58. The second-order valence-electron chi connectivity index (χ2n) is 10.6. The van der Waals surface area contributed by atoms with E-state index >= 15 is 0 Å². The van der Waals surface area contributed by atoms with E-state index in [1.807, 2.05) is 0 Å². The topological polar surface area (TPSA) is 40.5 Å². The van der Waals surface area contributed by atoms with Gasteiger partial charge in [-0.25, -0.2) is 0 Å². The maximum absolute atomic E-state index is 11.8. The molecule has 2 N–H and O–H groups in total. The Morgan fingerprint density at radius 3 is 1.75 bits per heavy atom. The highest BCUT2D eigenvalue weighted by molar-refractivity contribution is 7.18. The van der Waals surface area contributed by atoms with E-state index in [1.165, 1.54) is 48.0 Å². The van der Waals surface area contributed by atoms with Crippen molar-refractivity contribution in [3.63, 3.8) is 0 Å². The summed E-state index contributed by atoms with van der Waals surface area (Å²) in [5.41, 5.74) is 9.40. The lowest BCUT2D eigenvalue weighted by molar-refractivity contribution is -0.0770. The average Bonchev–Trinajstić information content (AvgIpc) is 3.55. The van der Waals surface area contributed by atoms with Gasteiger partial charge in [-0.3, -0.25) is 0 Å². The van der Waals surface area contributed by atoms with Gasteiger partial charge in [0.25, 0.3) is 0 Å². The minimum Gasteiger partial charge on any atom is -0.392 e. The summed E-state index contributed by atoms with van der Waals surface area (Å²) in [6.45, 7) is 6.53. The molecule has 0 spiro atoms. The van der Waals surface area contributed by atoms with E-state index in [0.29, 0.717) is 5.92 Å². The van der Waals surface area contributed by atoms with Gasteiger partial charge in [-0.1, -0.05) is 67.9 Å². The van der Waals surface area contributed by atoms with Gasteiger partial charge in [-0.15, -0.1) is 22.7 Å². The lowest BCUT2D eigenvalue weighted by Gasteiger charge is -2.47. The quantitative estimate of drug-likeness (QED) is 0.252. The van der Waals surface area contributed by atoms with Crippen molar-refractivity contribution in [2.24, 2.45) is 0 Å². The number of fused-ring (bicyclic) bond motifs is 6. The van der Waals surface area contributed by atoms with E-state index in [4.69, 9.17) is 0 Å². The molecule has 0 amide bonds. The van der Waals surface area contributed by atoms with Crippen LogP contribution in [-0.2, 0) is 0 Å². The molecular formula is C32H28O2S2. The van der Waals surface area contributed by atoms with Crippen LogP contribution in [0.25, 0.3) is 42.4 Å². The Balaban J connectivity index is 1.40. The number of aliphatic hydroxyl groups is 2. The Labute approximate surface area is 219 Å². The number of hydrogen-bond acceptors (Lipinski definition) is 4. The Morgan fingerprint density at radius 1 is 0.667 bits per heavy atom. The zero-order valence-electron chi connectivity index (χ0n) is 20.5. The fraction of sp³-hybridized carbons (Fsp3) is 0.250.